The molecule has 2 aliphatic carbocycles. The Kier molecular flexibility index (Phi) is 12.1. The summed E-state index contributed by atoms with van der Waals surface area (Å²) in [5.74, 6) is -2.03. The van der Waals surface area contributed by atoms with E-state index in [1.54, 1.807) is 13.2 Å². The Morgan fingerprint density at radius 2 is 1.75 bits per heavy atom. The number of likely N-dealkylation sites (tertiary alicyclic amines) is 2. The average Bonchev–Trinajstić information content (AvgIpc) is 4.14. The number of methoxy groups -OCH3 is 1. The van der Waals surface area contributed by atoms with Gasteiger partial charge in [0.1, 0.15) is 29.2 Å². The van der Waals surface area contributed by atoms with Crippen molar-refractivity contribution in [3.05, 3.63) is 67.3 Å². The van der Waals surface area contributed by atoms with E-state index in [9.17, 15) is 27.6 Å². The van der Waals surface area contributed by atoms with Crippen molar-refractivity contribution < 1.29 is 37.1 Å². The molecule has 0 bridgehead atoms. The molecule has 7 rings (SSSR count). The number of hydrogen-bond donors (Lipinski definition) is 2. The Bertz CT molecular complexity index is 2250. The van der Waals surface area contributed by atoms with Crippen LogP contribution in [0.2, 0.25) is 0 Å². The van der Waals surface area contributed by atoms with Crippen LogP contribution < -0.4 is 19.5 Å². The smallest absolute Gasteiger partial charge is 0.259 e. The fourth-order valence-electron chi connectivity index (χ4n) is 9.03. The number of amides is 4. The summed E-state index contributed by atoms with van der Waals surface area (Å²) >= 11 is 0. The fraction of sp³-hybridized carbons (Fsp3) is 0.543. The fourth-order valence-corrected chi connectivity index (χ4v) is 10.8. The molecule has 4 amide bonds. The predicted octanol–water partition coefficient (Wildman–Crippen LogP) is 6.16. The minimum absolute atomic E-state index is 0.0157. The van der Waals surface area contributed by atoms with E-state index in [1.807, 2.05) is 87.2 Å². The topological polar surface area (TPSA) is 164 Å². The van der Waals surface area contributed by atoms with E-state index in [-0.39, 0.29) is 37.6 Å². The van der Waals surface area contributed by atoms with Gasteiger partial charge in [-0.3, -0.25) is 23.9 Å². The molecule has 4 aliphatic rings. The van der Waals surface area contributed by atoms with Gasteiger partial charge in [0.25, 0.3) is 5.91 Å². The van der Waals surface area contributed by atoms with E-state index in [1.165, 1.54) is 4.90 Å². The van der Waals surface area contributed by atoms with E-state index in [0.29, 0.717) is 66.9 Å². The summed E-state index contributed by atoms with van der Waals surface area (Å²) in [7, 11) is -2.44. The molecule has 3 aromatic rings. The van der Waals surface area contributed by atoms with E-state index >= 15 is 0 Å². The van der Waals surface area contributed by atoms with Crippen molar-refractivity contribution in [2.75, 3.05) is 26.7 Å². The lowest BCUT2D eigenvalue weighted by atomic mass is 9.77. The van der Waals surface area contributed by atoms with Crippen molar-refractivity contribution in [1.29, 1.82) is 0 Å². The summed E-state index contributed by atoms with van der Waals surface area (Å²) in [5.41, 5.74) is -0.0398. The van der Waals surface area contributed by atoms with Crippen molar-refractivity contribution in [1.82, 2.24) is 24.8 Å². The number of ether oxygens (including phenoxy) is 2. The normalized spacial score (nSPS) is 24.0. The maximum atomic E-state index is 15.0. The second-order valence-electron chi connectivity index (χ2n) is 18.2. The number of carbonyl (C=O) groups excluding carboxylic acids is 4. The number of sulfonamides is 1. The van der Waals surface area contributed by atoms with Crippen LogP contribution in [0.15, 0.2) is 67.3 Å². The van der Waals surface area contributed by atoms with Gasteiger partial charge in [-0.15, -0.1) is 6.58 Å². The van der Waals surface area contributed by atoms with E-state index in [0.717, 1.165) is 24.8 Å². The molecule has 0 unspecified atom stereocenters. The standard InChI is InChI=1S/C46H59N5O8S/c1-7-19-45(20-21-45)60(56,57)49-43(55)46(28-31(46)8-2)48-41(53)38-25-33(29-51(38)42(54)35(44(3,4)5)26-40(52)50-22-13-10-14-23-50)59-39-27-36(30-15-11-9-12-16-30)47-37-24-32(58-6)17-18-34(37)39/h8-9,11-12,15-18,24,27,31,33,35,38H,2,7,10,13-14,19-23,25-26,28-29H2,1,3-6H3,(H,48,53)(H,49,55)/t31-,33-,35-,38+,46-/m1/s1. The molecule has 1 aromatic heterocycles. The molecule has 14 heteroatoms. The molecule has 5 atom stereocenters. The van der Waals surface area contributed by atoms with E-state index in [2.05, 4.69) is 16.6 Å². The van der Waals surface area contributed by atoms with Gasteiger partial charge < -0.3 is 24.6 Å². The molecule has 2 saturated heterocycles. The summed E-state index contributed by atoms with van der Waals surface area (Å²) in [6.07, 6.45) is 5.99. The van der Waals surface area contributed by atoms with Crippen molar-refractivity contribution in [2.24, 2.45) is 17.3 Å². The van der Waals surface area contributed by atoms with Crippen molar-refractivity contribution in [3.63, 3.8) is 0 Å². The number of nitrogens with zero attached hydrogens (tertiary/aromatic N) is 3. The lowest BCUT2D eigenvalue weighted by molar-refractivity contribution is -0.148. The first kappa shape index (κ1) is 43.1. The van der Waals surface area contributed by atoms with Crippen LogP contribution in [0.1, 0.15) is 91.9 Å². The molecule has 60 heavy (non-hydrogen) atoms. The van der Waals surface area contributed by atoms with Gasteiger partial charge in [-0.25, -0.2) is 13.4 Å². The molecular weight excluding hydrogens is 783 g/mol. The Morgan fingerprint density at radius 1 is 1.03 bits per heavy atom. The van der Waals surface area contributed by atoms with Crippen LogP contribution in [0.3, 0.4) is 0 Å². The van der Waals surface area contributed by atoms with Crippen molar-refractivity contribution in [3.8, 4) is 22.8 Å². The monoisotopic (exact) mass is 841 g/mol. The zero-order valence-electron chi connectivity index (χ0n) is 35.5. The number of rotatable bonds is 15. The number of fused-ring (bicyclic) bond motifs is 1. The quantitative estimate of drug-likeness (QED) is 0.171. The van der Waals surface area contributed by atoms with Gasteiger partial charge >= 0.3 is 0 Å². The van der Waals surface area contributed by atoms with Gasteiger partial charge in [0, 0.05) is 54.9 Å². The van der Waals surface area contributed by atoms with Crippen molar-refractivity contribution >= 4 is 44.6 Å². The summed E-state index contributed by atoms with van der Waals surface area (Å²) in [5, 5.41) is 3.62. The lowest BCUT2D eigenvalue weighted by Gasteiger charge is -2.36. The van der Waals surface area contributed by atoms with E-state index < -0.39 is 61.5 Å². The largest absolute Gasteiger partial charge is 0.497 e. The second kappa shape index (κ2) is 16.8. The second-order valence-corrected chi connectivity index (χ2v) is 20.3. The van der Waals surface area contributed by atoms with Crippen LogP contribution in [-0.4, -0.2) is 96.0 Å². The van der Waals surface area contributed by atoms with Crippen LogP contribution in [0, 0.1) is 17.3 Å². The summed E-state index contributed by atoms with van der Waals surface area (Å²) in [4.78, 5) is 65.6. The molecule has 0 spiro atoms. The molecule has 2 N–H and O–H groups in total. The third kappa shape index (κ3) is 8.62. The molecule has 2 aromatic carbocycles. The van der Waals surface area contributed by atoms with Crippen LogP contribution in [0.4, 0.5) is 0 Å². The van der Waals surface area contributed by atoms with Gasteiger partial charge in [0.05, 0.1) is 35.5 Å². The molecule has 0 radical (unpaired) electrons. The van der Waals surface area contributed by atoms with Gasteiger partial charge in [-0.2, -0.15) is 0 Å². The van der Waals surface area contributed by atoms with Crippen LogP contribution in [0.5, 0.6) is 11.5 Å². The molecule has 3 heterocycles. The number of piperidine rings is 1. The number of benzene rings is 2. The molecule has 322 valence electrons. The molecule has 2 aliphatic heterocycles. The molecular formula is C46H59N5O8S. The molecule has 13 nitrogen and oxygen atoms in total. The maximum absolute atomic E-state index is 15.0. The minimum atomic E-state index is -4.02. The third-order valence-corrected chi connectivity index (χ3v) is 15.2. The Morgan fingerprint density at radius 3 is 2.37 bits per heavy atom. The van der Waals surface area contributed by atoms with Crippen LogP contribution >= 0.6 is 0 Å². The number of aromatic nitrogens is 1. The molecule has 2 saturated carbocycles. The highest BCUT2D eigenvalue weighted by molar-refractivity contribution is 7.91. The van der Waals surface area contributed by atoms with Crippen molar-refractivity contribution in [2.45, 2.75) is 114 Å². The average molecular weight is 842 g/mol. The Labute approximate surface area is 353 Å². The van der Waals surface area contributed by atoms with E-state index in [4.69, 9.17) is 14.5 Å². The molecule has 4 fully saturated rings. The minimum Gasteiger partial charge on any atom is -0.497 e. The highest BCUT2D eigenvalue weighted by Crippen LogP contribution is 2.49. The van der Waals surface area contributed by atoms with Gasteiger partial charge in [-0.05, 0) is 62.5 Å². The van der Waals surface area contributed by atoms with Crippen LogP contribution in [0.25, 0.3) is 22.2 Å². The highest BCUT2D eigenvalue weighted by Gasteiger charge is 2.63. The summed E-state index contributed by atoms with van der Waals surface area (Å²) < 4.78 is 40.7. The van der Waals surface area contributed by atoms with Crippen LogP contribution in [-0.2, 0) is 29.2 Å². The number of pyridine rings is 1. The first-order valence-electron chi connectivity index (χ1n) is 21.4. The highest BCUT2D eigenvalue weighted by atomic mass is 32.2. The number of carbonyl (C=O) groups is 4. The Hall–Kier alpha value is -4.98. The Balaban J connectivity index is 1.21. The number of nitrogens with one attached hydrogen (secondary N) is 2. The first-order chi connectivity index (χ1) is 28.5. The summed E-state index contributed by atoms with van der Waals surface area (Å²) in [6.45, 7) is 12.9. The maximum Gasteiger partial charge on any atom is 0.259 e. The number of hydrogen-bond acceptors (Lipinski definition) is 9. The van der Waals surface area contributed by atoms with Gasteiger partial charge in [0.2, 0.25) is 27.7 Å². The van der Waals surface area contributed by atoms with Gasteiger partial charge in [0.15, 0.2) is 0 Å². The predicted molar refractivity (Wildman–Crippen MR) is 229 cm³/mol. The zero-order chi connectivity index (χ0) is 43.0. The summed E-state index contributed by atoms with van der Waals surface area (Å²) in [6, 6.07) is 15.9. The first-order valence-corrected chi connectivity index (χ1v) is 22.8. The lowest BCUT2D eigenvalue weighted by Crippen LogP contribution is -2.58. The zero-order valence-corrected chi connectivity index (χ0v) is 36.3. The van der Waals surface area contributed by atoms with Gasteiger partial charge in [-0.1, -0.05) is 70.5 Å². The third-order valence-electron chi connectivity index (χ3n) is 13.0. The SMILES string of the molecule is C=C[C@@H]1C[C@]1(NC(=O)[C@@H]1C[C@@H](Oc2cc(-c3ccccc3)nc3cc(OC)ccc23)CN1C(=O)[C@@H](CC(=O)N1CCCCC1)C(C)(C)C)C(=O)NS(=O)(=O)C1(CCC)CC1.